The van der Waals surface area contributed by atoms with Gasteiger partial charge in [-0.15, -0.1) is 0 Å². The Morgan fingerprint density at radius 2 is 2.06 bits per heavy atom. The maximum Gasteiger partial charge on any atom is 0.236 e. The summed E-state index contributed by atoms with van der Waals surface area (Å²) in [7, 11) is 0. The Hall–Kier alpha value is -0.680. The maximum absolute atomic E-state index is 13.1. The molecule has 0 saturated heterocycles. The Morgan fingerprint density at radius 3 is 2.56 bits per heavy atom. The molecule has 1 amide bonds. The SMILES string of the molecule is CC(C)(F)CCNC(=O)[C@@H](N)CCCCN. The van der Waals surface area contributed by atoms with Gasteiger partial charge in [-0.3, -0.25) is 4.79 Å². The predicted octanol–water partition coefficient (Wildman–Crippen LogP) is 0.697. The number of rotatable bonds is 8. The van der Waals surface area contributed by atoms with Crippen molar-refractivity contribution in [2.45, 2.75) is 51.2 Å². The molecular weight excluding hydrogens is 209 g/mol. The molecule has 0 aliphatic carbocycles. The monoisotopic (exact) mass is 233 g/mol. The number of carbonyl (C=O) groups excluding carboxylic acids is 1. The van der Waals surface area contributed by atoms with Crippen LogP contribution in [-0.2, 0) is 4.79 Å². The van der Waals surface area contributed by atoms with Gasteiger partial charge in [0.25, 0.3) is 0 Å². The molecule has 0 rings (SSSR count). The summed E-state index contributed by atoms with van der Waals surface area (Å²) in [4.78, 5) is 11.4. The highest BCUT2D eigenvalue weighted by atomic mass is 19.1. The van der Waals surface area contributed by atoms with Crippen LogP contribution in [0.25, 0.3) is 0 Å². The number of carbonyl (C=O) groups is 1. The minimum absolute atomic E-state index is 0.207. The zero-order valence-electron chi connectivity index (χ0n) is 10.3. The van der Waals surface area contributed by atoms with E-state index in [0.717, 1.165) is 12.8 Å². The zero-order chi connectivity index (χ0) is 12.6. The zero-order valence-corrected chi connectivity index (χ0v) is 10.3. The summed E-state index contributed by atoms with van der Waals surface area (Å²) in [6.45, 7) is 3.91. The second-order valence-electron chi connectivity index (χ2n) is 4.65. The van der Waals surface area contributed by atoms with Crippen LogP contribution in [0.1, 0.15) is 39.5 Å². The second-order valence-corrected chi connectivity index (χ2v) is 4.65. The second kappa shape index (κ2) is 7.57. The molecule has 5 heteroatoms. The lowest BCUT2D eigenvalue weighted by Crippen LogP contribution is -2.41. The Morgan fingerprint density at radius 1 is 1.44 bits per heavy atom. The molecule has 0 aromatic rings. The highest BCUT2D eigenvalue weighted by Gasteiger charge is 2.17. The van der Waals surface area contributed by atoms with Crippen LogP contribution < -0.4 is 16.8 Å². The van der Waals surface area contributed by atoms with Crippen molar-refractivity contribution < 1.29 is 9.18 Å². The van der Waals surface area contributed by atoms with E-state index in [1.807, 2.05) is 0 Å². The Labute approximate surface area is 96.9 Å². The van der Waals surface area contributed by atoms with Gasteiger partial charge >= 0.3 is 0 Å². The fraction of sp³-hybridized carbons (Fsp3) is 0.909. The van der Waals surface area contributed by atoms with E-state index in [-0.39, 0.29) is 5.91 Å². The van der Waals surface area contributed by atoms with Crippen LogP contribution in [0.15, 0.2) is 0 Å². The summed E-state index contributed by atoms with van der Waals surface area (Å²) in [6.07, 6.45) is 2.65. The molecule has 1 atom stereocenters. The Balaban J connectivity index is 3.63. The first-order valence-electron chi connectivity index (χ1n) is 5.79. The Bertz CT molecular complexity index is 204. The minimum atomic E-state index is -1.25. The van der Waals surface area contributed by atoms with Gasteiger partial charge in [0.05, 0.1) is 6.04 Å². The van der Waals surface area contributed by atoms with E-state index < -0.39 is 11.7 Å². The van der Waals surface area contributed by atoms with E-state index in [1.54, 1.807) is 0 Å². The molecule has 0 radical (unpaired) electrons. The van der Waals surface area contributed by atoms with Crippen molar-refractivity contribution in [1.82, 2.24) is 5.32 Å². The van der Waals surface area contributed by atoms with Crippen molar-refractivity contribution in [3.8, 4) is 0 Å². The van der Waals surface area contributed by atoms with Gasteiger partial charge in [-0.05, 0) is 39.7 Å². The van der Waals surface area contributed by atoms with Gasteiger partial charge < -0.3 is 16.8 Å². The number of nitrogens with two attached hydrogens (primary N) is 2. The molecular formula is C11H24FN3O. The summed E-state index contributed by atoms with van der Waals surface area (Å²) in [5.41, 5.74) is 9.74. The smallest absolute Gasteiger partial charge is 0.236 e. The average Bonchev–Trinajstić information content (AvgIpc) is 2.15. The van der Waals surface area contributed by atoms with Crippen molar-refractivity contribution >= 4 is 5.91 Å². The fourth-order valence-corrected chi connectivity index (χ4v) is 1.25. The highest BCUT2D eigenvalue weighted by molar-refractivity contribution is 5.81. The van der Waals surface area contributed by atoms with Crippen molar-refractivity contribution in [1.29, 1.82) is 0 Å². The lowest BCUT2D eigenvalue weighted by molar-refractivity contribution is -0.122. The number of hydrogen-bond donors (Lipinski definition) is 3. The fourth-order valence-electron chi connectivity index (χ4n) is 1.25. The molecule has 4 nitrogen and oxygen atoms in total. The molecule has 0 aliphatic rings. The third-order valence-electron chi connectivity index (χ3n) is 2.32. The summed E-state index contributed by atoms with van der Waals surface area (Å²) < 4.78 is 13.1. The van der Waals surface area contributed by atoms with Gasteiger partial charge in [-0.25, -0.2) is 4.39 Å². The molecule has 0 bridgehead atoms. The third kappa shape index (κ3) is 8.61. The van der Waals surface area contributed by atoms with E-state index in [1.165, 1.54) is 13.8 Å². The first-order chi connectivity index (χ1) is 7.37. The molecule has 0 fully saturated rings. The number of amides is 1. The average molecular weight is 233 g/mol. The van der Waals surface area contributed by atoms with Gasteiger partial charge in [0.2, 0.25) is 5.91 Å². The molecule has 0 saturated carbocycles. The van der Waals surface area contributed by atoms with Crippen LogP contribution in [0.5, 0.6) is 0 Å². The lowest BCUT2D eigenvalue weighted by atomic mass is 10.1. The van der Waals surface area contributed by atoms with Crippen molar-refractivity contribution in [2.75, 3.05) is 13.1 Å². The van der Waals surface area contributed by atoms with Gasteiger partial charge in [-0.2, -0.15) is 0 Å². The molecule has 0 heterocycles. The van der Waals surface area contributed by atoms with Gasteiger partial charge in [0, 0.05) is 6.54 Å². The van der Waals surface area contributed by atoms with Gasteiger partial charge in [-0.1, -0.05) is 6.42 Å². The first kappa shape index (κ1) is 15.3. The molecule has 16 heavy (non-hydrogen) atoms. The van der Waals surface area contributed by atoms with E-state index in [4.69, 9.17) is 11.5 Å². The topological polar surface area (TPSA) is 81.1 Å². The number of unbranched alkanes of at least 4 members (excludes halogenated alkanes) is 1. The molecule has 0 aromatic heterocycles. The highest BCUT2D eigenvalue weighted by Crippen LogP contribution is 2.11. The van der Waals surface area contributed by atoms with Crippen LogP contribution in [0.3, 0.4) is 0 Å². The normalized spacial score (nSPS) is 13.6. The van der Waals surface area contributed by atoms with E-state index in [9.17, 15) is 9.18 Å². The summed E-state index contributed by atoms with van der Waals surface area (Å²) in [6, 6.07) is -0.505. The number of nitrogens with one attached hydrogen (secondary N) is 1. The number of alkyl halides is 1. The summed E-state index contributed by atoms with van der Waals surface area (Å²) in [5.74, 6) is -0.207. The molecule has 0 aliphatic heterocycles. The van der Waals surface area contributed by atoms with Crippen LogP contribution >= 0.6 is 0 Å². The molecule has 0 unspecified atom stereocenters. The summed E-state index contributed by atoms with van der Waals surface area (Å²) in [5, 5.41) is 2.63. The standard InChI is InChI=1S/C11H24FN3O/c1-11(2,12)6-8-15-10(16)9(14)5-3-4-7-13/h9H,3-8,13-14H2,1-2H3,(H,15,16)/t9-/m0/s1. The number of halogens is 1. The quantitative estimate of drug-likeness (QED) is 0.540. The molecule has 0 spiro atoms. The molecule has 96 valence electrons. The molecule has 0 aromatic carbocycles. The van der Waals surface area contributed by atoms with Crippen LogP contribution in [0.2, 0.25) is 0 Å². The number of hydrogen-bond acceptors (Lipinski definition) is 3. The third-order valence-corrected chi connectivity index (χ3v) is 2.32. The lowest BCUT2D eigenvalue weighted by Gasteiger charge is -2.16. The van der Waals surface area contributed by atoms with Crippen LogP contribution in [-0.4, -0.2) is 30.7 Å². The van der Waals surface area contributed by atoms with Gasteiger partial charge in [0.1, 0.15) is 5.67 Å². The predicted molar refractivity (Wildman–Crippen MR) is 63.7 cm³/mol. The van der Waals surface area contributed by atoms with Crippen molar-refractivity contribution in [3.63, 3.8) is 0 Å². The van der Waals surface area contributed by atoms with E-state index >= 15 is 0 Å². The van der Waals surface area contributed by atoms with Crippen LogP contribution in [0.4, 0.5) is 4.39 Å². The van der Waals surface area contributed by atoms with E-state index in [2.05, 4.69) is 5.32 Å². The largest absolute Gasteiger partial charge is 0.355 e. The summed E-state index contributed by atoms with van der Waals surface area (Å²) >= 11 is 0. The van der Waals surface area contributed by atoms with Crippen molar-refractivity contribution in [2.24, 2.45) is 11.5 Å². The first-order valence-corrected chi connectivity index (χ1v) is 5.79. The minimum Gasteiger partial charge on any atom is -0.355 e. The van der Waals surface area contributed by atoms with Crippen molar-refractivity contribution in [3.05, 3.63) is 0 Å². The van der Waals surface area contributed by atoms with Gasteiger partial charge in [0.15, 0.2) is 0 Å². The maximum atomic E-state index is 13.1. The van der Waals surface area contributed by atoms with E-state index in [0.29, 0.717) is 25.9 Å². The molecule has 5 N–H and O–H groups in total. The Kier molecular flexibility index (Phi) is 7.25. The van der Waals surface area contributed by atoms with Crippen LogP contribution in [0, 0.1) is 0 Å².